The first-order chi connectivity index (χ1) is 9.77. The predicted molar refractivity (Wildman–Crippen MR) is 84.3 cm³/mol. The van der Waals surface area contributed by atoms with Gasteiger partial charge in [-0.1, -0.05) is 26.7 Å². The number of hydrogen-bond acceptors (Lipinski definition) is 4. The summed E-state index contributed by atoms with van der Waals surface area (Å²) in [6.45, 7) is 10.6. The van der Waals surface area contributed by atoms with Crippen LogP contribution in [0.4, 0.5) is 0 Å². The molecule has 0 fully saturated rings. The number of methoxy groups -OCH3 is 1. The molecule has 0 spiro atoms. The number of unbranched alkanes of at least 4 members (excludes halogenated alkanes) is 3. The molecule has 0 heterocycles. The highest BCUT2D eigenvalue weighted by atomic mass is 16.5. The Morgan fingerprint density at radius 3 is 2.10 bits per heavy atom. The van der Waals surface area contributed by atoms with E-state index in [0.717, 1.165) is 45.2 Å². The third-order valence-corrected chi connectivity index (χ3v) is 2.95. The number of hydrogen-bond donors (Lipinski definition) is 1. The molecule has 0 aromatic carbocycles. The zero-order valence-electron chi connectivity index (χ0n) is 13.8. The highest BCUT2D eigenvalue weighted by Crippen LogP contribution is 2.00. The SMILES string of the molecule is COCCOCCCOCCCCCCNCC(C)C. The maximum atomic E-state index is 5.57. The molecule has 0 rings (SSSR count). The topological polar surface area (TPSA) is 39.7 Å². The Bertz CT molecular complexity index is 177. The molecule has 20 heavy (non-hydrogen) atoms. The van der Waals surface area contributed by atoms with Gasteiger partial charge in [0.2, 0.25) is 0 Å². The monoisotopic (exact) mass is 289 g/mol. The van der Waals surface area contributed by atoms with Crippen LogP contribution in [0.1, 0.15) is 46.0 Å². The molecule has 0 bridgehead atoms. The van der Waals surface area contributed by atoms with E-state index >= 15 is 0 Å². The summed E-state index contributed by atoms with van der Waals surface area (Å²) in [4.78, 5) is 0. The van der Waals surface area contributed by atoms with Crippen molar-refractivity contribution in [3.63, 3.8) is 0 Å². The molecule has 4 nitrogen and oxygen atoms in total. The van der Waals surface area contributed by atoms with E-state index in [4.69, 9.17) is 14.2 Å². The molecule has 0 atom stereocenters. The van der Waals surface area contributed by atoms with Crippen LogP contribution in [-0.4, -0.2) is 53.2 Å². The van der Waals surface area contributed by atoms with Crippen molar-refractivity contribution in [1.82, 2.24) is 5.32 Å². The third-order valence-electron chi connectivity index (χ3n) is 2.95. The van der Waals surface area contributed by atoms with Crippen molar-refractivity contribution in [2.24, 2.45) is 5.92 Å². The summed E-state index contributed by atoms with van der Waals surface area (Å²) in [5, 5.41) is 3.47. The minimum atomic E-state index is 0.673. The number of nitrogens with one attached hydrogen (secondary N) is 1. The largest absolute Gasteiger partial charge is 0.382 e. The summed E-state index contributed by atoms with van der Waals surface area (Å²) >= 11 is 0. The van der Waals surface area contributed by atoms with E-state index in [9.17, 15) is 0 Å². The number of rotatable bonds is 16. The van der Waals surface area contributed by atoms with Crippen molar-refractivity contribution in [2.75, 3.05) is 53.2 Å². The lowest BCUT2D eigenvalue weighted by molar-refractivity contribution is 0.0508. The van der Waals surface area contributed by atoms with Gasteiger partial charge in [0.25, 0.3) is 0 Å². The first kappa shape index (κ1) is 19.8. The summed E-state index contributed by atoms with van der Waals surface area (Å²) in [7, 11) is 1.69. The highest BCUT2D eigenvalue weighted by Gasteiger charge is 1.94. The third kappa shape index (κ3) is 17.8. The zero-order chi connectivity index (χ0) is 14.9. The van der Waals surface area contributed by atoms with Gasteiger partial charge >= 0.3 is 0 Å². The first-order valence-corrected chi connectivity index (χ1v) is 8.12. The van der Waals surface area contributed by atoms with Crippen LogP contribution in [0.5, 0.6) is 0 Å². The molecular weight excluding hydrogens is 254 g/mol. The predicted octanol–water partition coefficient (Wildman–Crippen LogP) is 2.86. The van der Waals surface area contributed by atoms with Crippen molar-refractivity contribution >= 4 is 0 Å². The number of ether oxygens (including phenoxy) is 3. The molecule has 0 saturated heterocycles. The minimum absolute atomic E-state index is 0.673. The Morgan fingerprint density at radius 1 is 0.750 bits per heavy atom. The van der Waals surface area contributed by atoms with Gasteiger partial charge in [-0.2, -0.15) is 0 Å². The summed E-state index contributed by atoms with van der Waals surface area (Å²) in [6.07, 6.45) is 6.00. The van der Waals surface area contributed by atoms with Crippen LogP contribution in [0.15, 0.2) is 0 Å². The van der Waals surface area contributed by atoms with Crippen LogP contribution in [0.3, 0.4) is 0 Å². The molecule has 0 unspecified atom stereocenters. The molecule has 0 aliphatic carbocycles. The Morgan fingerprint density at radius 2 is 1.40 bits per heavy atom. The first-order valence-electron chi connectivity index (χ1n) is 8.12. The fraction of sp³-hybridized carbons (Fsp3) is 1.00. The van der Waals surface area contributed by atoms with Crippen molar-refractivity contribution in [2.45, 2.75) is 46.0 Å². The van der Waals surface area contributed by atoms with Gasteiger partial charge in [0.15, 0.2) is 0 Å². The fourth-order valence-electron chi connectivity index (χ4n) is 1.81. The standard InChI is InChI=1S/C16H35NO3/c1-16(2)15-17-9-6-4-5-7-10-19-11-8-12-20-14-13-18-3/h16-17H,4-15H2,1-3H3. The average molecular weight is 289 g/mol. The van der Waals surface area contributed by atoms with Gasteiger partial charge in [0.05, 0.1) is 13.2 Å². The summed E-state index contributed by atoms with van der Waals surface area (Å²) in [5.41, 5.74) is 0. The smallest absolute Gasteiger partial charge is 0.0700 e. The summed E-state index contributed by atoms with van der Waals surface area (Å²) in [6, 6.07) is 0. The maximum Gasteiger partial charge on any atom is 0.0700 e. The Hall–Kier alpha value is -0.160. The van der Waals surface area contributed by atoms with E-state index in [1.807, 2.05) is 0 Å². The summed E-state index contributed by atoms with van der Waals surface area (Å²) in [5.74, 6) is 0.752. The van der Waals surface area contributed by atoms with Crippen molar-refractivity contribution < 1.29 is 14.2 Å². The lowest BCUT2D eigenvalue weighted by Gasteiger charge is -2.07. The second-order valence-electron chi connectivity index (χ2n) is 5.58. The Labute approximate surface area is 125 Å². The molecule has 0 saturated carbocycles. The van der Waals surface area contributed by atoms with Gasteiger partial charge in [0.1, 0.15) is 0 Å². The Kier molecular flexibility index (Phi) is 16.8. The molecular formula is C16H35NO3. The van der Waals surface area contributed by atoms with E-state index < -0.39 is 0 Å². The van der Waals surface area contributed by atoms with E-state index in [1.165, 1.54) is 25.7 Å². The second kappa shape index (κ2) is 16.9. The van der Waals surface area contributed by atoms with E-state index in [1.54, 1.807) is 7.11 Å². The van der Waals surface area contributed by atoms with E-state index in [2.05, 4.69) is 19.2 Å². The van der Waals surface area contributed by atoms with Crippen molar-refractivity contribution in [1.29, 1.82) is 0 Å². The zero-order valence-corrected chi connectivity index (χ0v) is 13.8. The van der Waals surface area contributed by atoms with Crippen molar-refractivity contribution in [3.8, 4) is 0 Å². The average Bonchev–Trinajstić information content (AvgIpc) is 2.43. The molecule has 122 valence electrons. The van der Waals surface area contributed by atoms with Crippen LogP contribution in [0.25, 0.3) is 0 Å². The van der Waals surface area contributed by atoms with Gasteiger partial charge in [0, 0.05) is 26.9 Å². The lowest BCUT2D eigenvalue weighted by Crippen LogP contribution is -2.20. The van der Waals surface area contributed by atoms with Crippen LogP contribution in [-0.2, 0) is 14.2 Å². The molecule has 4 heteroatoms. The molecule has 0 aliphatic rings. The van der Waals surface area contributed by atoms with Crippen LogP contribution in [0, 0.1) is 5.92 Å². The quantitative estimate of drug-likeness (QED) is 0.444. The molecule has 0 aromatic heterocycles. The van der Waals surface area contributed by atoms with Gasteiger partial charge in [-0.15, -0.1) is 0 Å². The van der Waals surface area contributed by atoms with Gasteiger partial charge in [-0.25, -0.2) is 0 Å². The Balaban J connectivity index is 2.92. The minimum Gasteiger partial charge on any atom is -0.382 e. The van der Waals surface area contributed by atoms with Crippen LogP contribution in [0.2, 0.25) is 0 Å². The maximum absolute atomic E-state index is 5.57. The molecule has 0 aliphatic heterocycles. The lowest BCUT2D eigenvalue weighted by atomic mass is 10.2. The second-order valence-corrected chi connectivity index (χ2v) is 5.58. The van der Waals surface area contributed by atoms with E-state index in [0.29, 0.717) is 13.2 Å². The molecule has 0 radical (unpaired) electrons. The fourth-order valence-corrected chi connectivity index (χ4v) is 1.81. The molecule has 0 aromatic rings. The molecule has 0 amide bonds. The van der Waals surface area contributed by atoms with Crippen LogP contribution >= 0.6 is 0 Å². The molecule has 1 N–H and O–H groups in total. The van der Waals surface area contributed by atoms with Crippen LogP contribution < -0.4 is 5.32 Å². The van der Waals surface area contributed by atoms with E-state index in [-0.39, 0.29) is 0 Å². The summed E-state index contributed by atoms with van der Waals surface area (Å²) < 4.78 is 15.8. The highest BCUT2D eigenvalue weighted by molar-refractivity contribution is 4.52. The van der Waals surface area contributed by atoms with Gasteiger partial charge < -0.3 is 19.5 Å². The van der Waals surface area contributed by atoms with Gasteiger partial charge in [-0.3, -0.25) is 0 Å². The normalized spacial score (nSPS) is 11.4. The van der Waals surface area contributed by atoms with Crippen molar-refractivity contribution in [3.05, 3.63) is 0 Å². The van der Waals surface area contributed by atoms with Gasteiger partial charge in [-0.05, 0) is 38.3 Å².